The van der Waals surface area contributed by atoms with Gasteiger partial charge in [-0.1, -0.05) is 37.5 Å². The van der Waals surface area contributed by atoms with Crippen LogP contribution in [0.3, 0.4) is 0 Å². The van der Waals surface area contributed by atoms with Crippen LogP contribution in [0, 0.1) is 5.41 Å². The predicted octanol–water partition coefficient (Wildman–Crippen LogP) is 2.98. The molecule has 5 nitrogen and oxygen atoms in total. The molecule has 1 aliphatic rings. The SMILES string of the molecule is NCC1(C(=O)Nc2ccc3cc(C=NN)ccc3c2)CCCCC1. The quantitative estimate of drug-likeness (QED) is 0.458. The summed E-state index contributed by atoms with van der Waals surface area (Å²) in [4.78, 5) is 12.8. The maximum absolute atomic E-state index is 12.8. The minimum atomic E-state index is -0.408. The first-order valence-corrected chi connectivity index (χ1v) is 8.45. The highest BCUT2D eigenvalue weighted by molar-refractivity contribution is 5.98. The topological polar surface area (TPSA) is 93.5 Å². The zero-order chi connectivity index (χ0) is 17.0. The second-order valence-electron chi connectivity index (χ2n) is 6.60. The summed E-state index contributed by atoms with van der Waals surface area (Å²) in [5, 5.41) is 8.76. The van der Waals surface area contributed by atoms with Crippen LogP contribution in [0.1, 0.15) is 37.7 Å². The number of nitrogens with one attached hydrogen (secondary N) is 1. The molecule has 0 saturated heterocycles. The molecule has 1 fully saturated rings. The third kappa shape index (κ3) is 3.26. The average molecular weight is 324 g/mol. The van der Waals surface area contributed by atoms with Gasteiger partial charge in [-0.3, -0.25) is 4.79 Å². The average Bonchev–Trinajstić information content (AvgIpc) is 2.62. The minimum absolute atomic E-state index is 0.0518. The number of nitrogens with zero attached hydrogens (tertiary/aromatic N) is 1. The van der Waals surface area contributed by atoms with Crippen molar-refractivity contribution in [3.63, 3.8) is 0 Å². The fraction of sp³-hybridized carbons (Fsp3) is 0.368. The van der Waals surface area contributed by atoms with E-state index in [0.29, 0.717) is 6.54 Å². The largest absolute Gasteiger partial charge is 0.329 e. The number of anilines is 1. The van der Waals surface area contributed by atoms with E-state index in [1.807, 2.05) is 36.4 Å². The molecule has 1 amide bonds. The Morgan fingerprint density at radius 2 is 1.83 bits per heavy atom. The highest BCUT2D eigenvalue weighted by atomic mass is 16.2. The van der Waals surface area contributed by atoms with Gasteiger partial charge in [-0.2, -0.15) is 5.10 Å². The number of amides is 1. The van der Waals surface area contributed by atoms with Gasteiger partial charge in [0.25, 0.3) is 0 Å². The van der Waals surface area contributed by atoms with Gasteiger partial charge in [0.05, 0.1) is 11.6 Å². The van der Waals surface area contributed by atoms with Crippen LogP contribution in [0.2, 0.25) is 0 Å². The van der Waals surface area contributed by atoms with Gasteiger partial charge in [0.1, 0.15) is 0 Å². The van der Waals surface area contributed by atoms with Crippen molar-refractivity contribution in [2.24, 2.45) is 22.1 Å². The third-order valence-electron chi connectivity index (χ3n) is 5.03. The Labute approximate surface area is 142 Å². The van der Waals surface area contributed by atoms with Crippen LogP contribution >= 0.6 is 0 Å². The molecule has 1 aliphatic carbocycles. The summed E-state index contributed by atoms with van der Waals surface area (Å²) in [6, 6.07) is 11.9. The van der Waals surface area contributed by atoms with Crippen molar-refractivity contribution in [3.8, 4) is 0 Å². The maximum Gasteiger partial charge on any atom is 0.231 e. The molecule has 0 unspecified atom stereocenters. The number of benzene rings is 2. The summed E-state index contributed by atoms with van der Waals surface area (Å²) in [6.45, 7) is 0.411. The molecule has 1 saturated carbocycles. The van der Waals surface area contributed by atoms with E-state index in [1.54, 1.807) is 6.21 Å². The lowest BCUT2D eigenvalue weighted by Gasteiger charge is -2.34. The number of hydrazone groups is 1. The first-order valence-electron chi connectivity index (χ1n) is 8.45. The fourth-order valence-corrected chi connectivity index (χ4v) is 3.52. The molecule has 3 rings (SSSR count). The number of carbonyl (C=O) groups excluding carboxylic acids is 1. The van der Waals surface area contributed by atoms with Crippen LogP contribution in [0.25, 0.3) is 10.8 Å². The van der Waals surface area contributed by atoms with Crippen LogP contribution in [0.15, 0.2) is 41.5 Å². The highest BCUT2D eigenvalue weighted by Crippen LogP contribution is 2.36. The summed E-state index contributed by atoms with van der Waals surface area (Å²) < 4.78 is 0. The molecule has 0 atom stereocenters. The van der Waals surface area contributed by atoms with Gasteiger partial charge in [-0.25, -0.2) is 0 Å². The smallest absolute Gasteiger partial charge is 0.231 e. The van der Waals surface area contributed by atoms with Gasteiger partial charge in [-0.05, 0) is 47.4 Å². The number of fused-ring (bicyclic) bond motifs is 1. The van der Waals surface area contributed by atoms with Crippen LogP contribution in [-0.4, -0.2) is 18.7 Å². The Morgan fingerprint density at radius 3 is 2.54 bits per heavy atom. The van der Waals surface area contributed by atoms with Crippen molar-refractivity contribution in [2.75, 3.05) is 11.9 Å². The lowest BCUT2D eigenvalue weighted by molar-refractivity contribution is -0.126. The van der Waals surface area contributed by atoms with E-state index in [1.165, 1.54) is 6.42 Å². The molecule has 24 heavy (non-hydrogen) atoms. The summed E-state index contributed by atoms with van der Waals surface area (Å²) in [5.41, 5.74) is 7.30. The molecule has 5 heteroatoms. The number of hydrogen-bond donors (Lipinski definition) is 3. The molecule has 0 radical (unpaired) electrons. The molecule has 2 aromatic rings. The Morgan fingerprint density at radius 1 is 1.12 bits per heavy atom. The Kier molecular flexibility index (Phi) is 4.81. The van der Waals surface area contributed by atoms with Crippen LogP contribution in [0.4, 0.5) is 5.69 Å². The third-order valence-corrected chi connectivity index (χ3v) is 5.03. The molecule has 0 bridgehead atoms. The van der Waals surface area contributed by atoms with Gasteiger partial charge < -0.3 is 16.9 Å². The van der Waals surface area contributed by atoms with E-state index >= 15 is 0 Å². The minimum Gasteiger partial charge on any atom is -0.329 e. The van der Waals surface area contributed by atoms with Crippen molar-refractivity contribution < 1.29 is 4.79 Å². The normalized spacial score (nSPS) is 17.2. The standard InChI is InChI=1S/C19H24N4O/c20-13-19(8-2-1-3-9-19)18(24)23-17-7-6-15-10-14(12-22-21)4-5-16(15)11-17/h4-7,10-12H,1-3,8-9,13,20-21H2,(H,23,24). The first kappa shape index (κ1) is 16.5. The molecule has 2 aromatic carbocycles. The monoisotopic (exact) mass is 324 g/mol. The Bertz CT molecular complexity index is 763. The molecule has 0 aromatic heterocycles. The van der Waals surface area contributed by atoms with E-state index < -0.39 is 5.41 Å². The van der Waals surface area contributed by atoms with E-state index in [0.717, 1.165) is 47.7 Å². The van der Waals surface area contributed by atoms with Gasteiger partial charge in [0, 0.05) is 12.2 Å². The first-order chi connectivity index (χ1) is 11.7. The number of carbonyl (C=O) groups is 1. The van der Waals surface area contributed by atoms with Crippen LogP contribution < -0.4 is 16.9 Å². The summed E-state index contributed by atoms with van der Waals surface area (Å²) in [7, 11) is 0. The van der Waals surface area contributed by atoms with Crippen molar-refractivity contribution in [1.29, 1.82) is 0 Å². The lowest BCUT2D eigenvalue weighted by Crippen LogP contribution is -2.43. The molecule has 0 heterocycles. The Hall–Kier alpha value is -2.40. The second kappa shape index (κ2) is 7.01. The number of rotatable bonds is 4. The predicted molar refractivity (Wildman–Crippen MR) is 98.9 cm³/mol. The van der Waals surface area contributed by atoms with E-state index in [2.05, 4.69) is 10.4 Å². The summed E-state index contributed by atoms with van der Waals surface area (Å²) in [6.07, 6.45) is 6.72. The summed E-state index contributed by atoms with van der Waals surface area (Å²) in [5.74, 6) is 5.24. The number of nitrogens with two attached hydrogens (primary N) is 2. The lowest BCUT2D eigenvalue weighted by atomic mass is 9.73. The van der Waals surface area contributed by atoms with Crippen molar-refractivity contribution in [3.05, 3.63) is 42.0 Å². The van der Waals surface area contributed by atoms with Gasteiger partial charge in [0.2, 0.25) is 5.91 Å². The molecule has 0 spiro atoms. The maximum atomic E-state index is 12.8. The van der Waals surface area contributed by atoms with Gasteiger partial charge in [-0.15, -0.1) is 0 Å². The zero-order valence-corrected chi connectivity index (χ0v) is 13.8. The zero-order valence-electron chi connectivity index (χ0n) is 13.8. The Balaban J connectivity index is 1.82. The number of hydrogen-bond acceptors (Lipinski definition) is 4. The van der Waals surface area contributed by atoms with E-state index in [9.17, 15) is 4.79 Å². The van der Waals surface area contributed by atoms with Gasteiger partial charge >= 0.3 is 0 Å². The van der Waals surface area contributed by atoms with E-state index in [-0.39, 0.29) is 5.91 Å². The van der Waals surface area contributed by atoms with Crippen molar-refractivity contribution in [1.82, 2.24) is 0 Å². The van der Waals surface area contributed by atoms with Gasteiger partial charge in [0.15, 0.2) is 0 Å². The molecular weight excluding hydrogens is 300 g/mol. The molecule has 0 aliphatic heterocycles. The molecular formula is C19H24N4O. The highest BCUT2D eigenvalue weighted by Gasteiger charge is 2.38. The van der Waals surface area contributed by atoms with Crippen molar-refractivity contribution >= 4 is 28.6 Å². The second-order valence-corrected chi connectivity index (χ2v) is 6.60. The summed E-state index contributed by atoms with van der Waals surface area (Å²) >= 11 is 0. The van der Waals surface area contributed by atoms with Crippen LogP contribution in [-0.2, 0) is 4.79 Å². The van der Waals surface area contributed by atoms with Crippen LogP contribution in [0.5, 0.6) is 0 Å². The molecule has 5 N–H and O–H groups in total. The van der Waals surface area contributed by atoms with Crippen molar-refractivity contribution in [2.45, 2.75) is 32.1 Å². The fourth-order valence-electron chi connectivity index (χ4n) is 3.52. The molecule has 126 valence electrons. The van der Waals surface area contributed by atoms with E-state index in [4.69, 9.17) is 11.6 Å².